The molecule has 1 saturated heterocycles. The normalized spacial score (nSPS) is 19.6. The van der Waals surface area contributed by atoms with Crippen molar-refractivity contribution in [2.75, 3.05) is 13.2 Å². The molecular formula is C19H22BrN3O3. The van der Waals surface area contributed by atoms with Crippen LogP contribution in [0.1, 0.15) is 26.6 Å². The van der Waals surface area contributed by atoms with Crippen molar-refractivity contribution in [2.24, 2.45) is 0 Å². The highest BCUT2D eigenvalue weighted by Gasteiger charge is 2.33. The SMILES string of the molecule is CCOCc1nc2cnc3cc(Br)ccc3c2n1CC1COC(C)(C)O1. The van der Waals surface area contributed by atoms with Crippen LogP contribution in [-0.2, 0) is 27.4 Å². The maximum atomic E-state index is 6.03. The van der Waals surface area contributed by atoms with E-state index in [9.17, 15) is 0 Å². The Morgan fingerprint density at radius 3 is 2.92 bits per heavy atom. The summed E-state index contributed by atoms with van der Waals surface area (Å²) < 4.78 is 20.6. The molecule has 7 heteroatoms. The van der Waals surface area contributed by atoms with Crippen LogP contribution in [0, 0.1) is 0 Å². The Labute approximate surface area is 160 Å². The zero-order valence-corrected chi connectivity index (χ0v) is 16.7. The molecule has 0 amide bonds. The Morgan fingerprint density at radius 1 is 1.35 bits per heavy atom. The lowest BCUT2D eigenvalue weighted by Crippen LogP contribution is -2.25. The van der Waals surface area contributed by atoms with Crippen molar-refractivity contribution >= 4 is 37.9 Å². The van der Waals surface area contributed by atoms with Gasteiger partial charge < -0.3 is 18.8 Å². The Morgan fingerprint density at radius 2 is 2.19 bits per heavy atom. The minimum Gasteiger partial charge on any atom is -0.374 e. The number of nitrogens with zero attached hydrogens (tertiary/aromatic N) is 3. The van der Waals surface area contributed by atoms with E-state index in [0.29, 0.717) is 26.4 Å². The summed E-state index contributed by atoms with van der Waals surface area (Å²) in [6, 6.07) is 6.13. The predicted molar refractivity (Wildman–Crippen MR) is 103 cm³/mol. The number of rotatable bonds is 5. The molecule has 1 unspecified atom stereocenters. The summed E-state index contributed by atoms with van der Waals surface area (Å²) in [5, 5.41) is 1.07. The Hall–Kier alpha value is -1.54. The number of ether oxygens (including phenoxy) is 3. The minimum absolute atomic E-state index is 0.0264. The number of halogens is 1. The molecule has 26 heavy (non-hydrogen) atoms. The molecule has 1 fully saturated rings. The molecule has 3 aromatic rings. The van der Waals surface area contributed by atoms with E-state index in [-0.39, 0.29) is 6.10 Å². The largest absolute Gasteiger partial charge is 0.374 e. The summed E-state index contributed by atoms with van der Waals surface area (Å²) in [6.07, 6.45) is 1.80. The van der Waals surface area contributed by atoms with Gasteiger partial charge in [0.05, 0.1) is 30.4 Å². The molecule has 0 spiro atoms. The zero-order chi connectivity index (χ0) is 18.3. The number of pyridine rings is 1. The van der Waals surface area contributed by atoms with Crippen LogP contribution in [-0.4, -0.2) is 39.6 Å². The third kappa shape index (κ3) is 3.36. The van der Waals surface area contributed by atoms with Gasteiger partial charge >= 0.3 is 0 Å². The smallest absolute Gasteiger partial charge is 0.163 e. The van der Waals surface area contributed by atoms with Crippen molar-refractivity contribution in [2.45, 2.75) is 45.8 Å². The van der Waals surface area contributed by atoms with Crippen molar-refractivity contribution in [3.63, 3.8) is 0 Å². The van der Waals surface area contributed by atoms with Crippen molar-refractivity contribution in [1.29, 1.82) is 0 Å². The average molecular weight is 420 g/mol. The van der Waals surface area contributed by atoms with E-state index >= 15 is 0 Å². The molecule has 2 aromatic heterocycles. The topological polar surface area (TPSA) is 58.4 Å². The van der Waals surface area contributed by atoms with Crippen molar-refractivity contribution < 1.29 is 14.2 Å². The van der Waals surface area contributed by atoms with Crippen LogP contribution >= 0.6 is 15.9 Å². The quantitative estimate of drug-likeness (QED) is 0.624. The second kappa shape index (κ2) is 6.88. The minimum atomic E-state index is -0.546. The molecule has 1 aliphatic rings. The van der Waals surface area contributed by atoms with Crippen molar-refractivity contribution in [3.8, 4) is 0 Å². The molecular weight excluding hydrogens is 398 g/mol. The summed E-state index contributed by atoms with van der Waals surface area (Å²) in [6.45, 7) is 8.20. The van der Waals surface area contributed by atoms with Crippen LogP contribution in [0.5, 0.6) is 0 Å². The first-order valence-corrected chi connectivity index (χ1v) is 9.59. The number of fused-ring (bicyclic) bond motifs is 3. The standard InChI is InChI=1S/C19H22BrN3O3/c1-4-24-11-17-22-16-8-21-15-7-12(20)5-6-14(15)18(16)23(17)9-13-10-25-19(2,3)26-13/h5-8,13H,4,9-11H2,1-3H3. The number of aromatic nitrogens is 3. The van der Waals surface area contributed by atoms with Gasteiger partial charge in [0, 0.05) is 16.5 Å². The van der Waals surface area contributed by atoms with Gasteiger partial charge in [0.25, 0.3) is 0 Å². The van der Waals surface area contributed by atoms with Crippen LogP contribution in [0.15, 0.2) is 28.9 Å². The summed E-state index contributed by atoms with van der Waals surface area (Å²) in [5.41, 5.74) is 2.86. The van der Waals surface area contributed by atoms with Gasteiger partial charge in [-0.25, -0.2) is 4.98 Å². The van der Waals surface area contributed by atoms with Gasteiger partial charge in [0.1, 0.15) is 24.1 Å². The van der Waals surface area contributed by atoms with Crippen LogP contribution in [0.2, 0.25) is 0 Å². The van der Waals surface area contributed by atoms with Gasteiger partial charge in [-0.15, -0.1) is 0 Å². The second-order valence-electron chi connectivity index (χ2n) is 6.88. The van der Waals surface area contributed by atoms with E-state index in [1.165, 1.54) is 0 Å². The molecule has 138 valence electrons. The third-order valence-electron chi connectivity index (χ3n) is 4.50. The fourth-order valence-electron chi connectivity index (χ4n) is 3.39. The highest BCUT2D eigenvalue weighted by Crippen LogP contribution is 2.30. The molecule has 4 rings (SSSR count). The summed E-state index contributed by atoms with van der Waals surface area (Å²) >= 11 is 3.52. The molecule has 3 heterocycles. The molecule has 0 aliphatic carbocycles. The lowest BCUT2D eigenvalue weighted by atomic mass is 10.2. The number of benzene rings is 1. The predicted octanol–water partition coefficient (Wildman–Crippen LogP) is 4.04. The maximum absolute atomic E-state index is 6.03. The molecule has 0 N–H and O–H groups in total. The van der Waals surface area contributed by atoms with Crippen molar-refractivity contribution in [1.82, 2.24) is 14.5 Å². The first-order valence-electron chi connectivity index (χ1n) is 8.80. The van der Waals surface area contributed by atoms with Crippen LogP contribution in [0.4, 0.5) is 0 Å². The molecule has 0 bridgehead atoms. The summed E-state index contributed by atoms with van der Waals surface area (Å²) in [4.78, 5) is 9.33. The van der Waals surface area contributed by atoms with E-state index in [1.54, 1.807) is 0 Å². The Balaban J connectivity index is 1.83. The third-order valence-corrected chi connectivity index (χ3v) is 5.00. The number of hydrogen-bond acceptors (Lipinski definition) is 5. The molecule has 0 radical (unpaired) electrons. The lowest BCUT2D eigenvalue weighted by molar-refractivity contribution is -0.139. The highest BCUT2D eigenvalue weighted by molar-refractivity contribution is 9.10. The van der Waals surface area contributed by atoms with Gasteiger partial charge in [-0.1, -0.05) is 15.9 Å². The zero-order valence-electron chi connectivity index (χ0n) is 15.2. The molecule has 0 saturated carbocycles. The van der Waals surface area contributed by atoms with Crippen molar-refractivity contribution in [3.05, 3.63) is 34.7 Å². The van der Waals surface area contributed by atoms with E-state index in [0.717, 1.165) is 32.2 Å². The van der Waals surface area contributed by atoms with E-state index in [2.05, 4.69) is 31.5 Å². The number of hydrogen-bond donors (Lipinski definition) is 0. The summed E-state index contributed by atoms with van der Waals surface area (Å²) in [5.74, 6) is 0.336. The first-order chi connectivity index (χ1) is 12.5. The maximum Gasteiger partial charge on any atom is 0.163 e. The van der Waals surface area contributed by atoms with E-state index < -0.39 is 5.79 Å². The van der Waals surface area contributed by atoms with Gasteiger partial charge in [-0.3, -0.25) is 4.98 Å². The fourth-order valence-corrected chi connectivity index (χ4v) is 3.74. The average Bonchev–Trinajstić information content (AvgIpc) is 3.13. The molecule has 6 nitrogen and oxygen atoms in total. The van der Waals surface area contributed by atoms with Gasteiger partial charge in [-0.2, -0.15) is 0 Å². The Kier molecular flexibility index (Phi) is 4.73. The van der Waals surface area contributed by atoms with Gasteiger partial charge in [-0.05, 0) is 39.0 Å². The van der Waals surface area contributed by atoms with E-state index in [4.69, 9.17) is 19.2 Å². The summed E-state index contributed by atoms with van der Waals surface area (Å²) in [7, 11) is 0. The highest BCUT2D eigenvalue weighted by atomic mass is 79.9. The van der Waals surface area contributed by atoms with Crippen LogP contribution in [0.25, 0.3) is 21.9 Å². The van der Waals surface area contributed by atoms with Crippen LogP contribution in [0.3, 0.4) is 0 Å². The second-order valence-corrected chi connectivity index (χ2v) is 7.80. The lowest BCUT2D eigenvalue weighted by Gasteiger charge is -2.18. The van der Waals surface area contributed by atoms with Gasteiger partial charge in [0.15, 0.2) is 5.79 Å². The number of imidazole rings is 1. The first kappa shape index (κ1) is 17.9. The van der Waals surface area contributed by atoms with Gasteiger partial charge in [0.2, 0.25) is 0 Å². The molecule has 1 atom stereocenters. The van der Waals surface area contributed by atoms with Crippen LogP contribution < -0.4 is 0 Å². The fraction of sp³-hybridized carbons (Fsp3) is 0.474. The molecule has 1 aromatic carbocycles. The Bertz CT molecular complexity index is 954. The monoisotopic (exact) mass is 419 g/mol. The van der Waals surface area contributed by atoms with E-state index in [1.807, 2.05) is 39.1 Å². The molecule has 1 aliphatic heterocycles.